The molecule has 0 aliphatic carbocycles. The molecule has 0 atom stereocenters. The molecule has 106 valence electrons. The molecule has 0 bridgehead atoms. The normalized spacial score (nSPS) is 10.8. The van der Waals surface area contributed by atoms with Gasteiger partial charge >= 0.3 is 0 Å². The number of pyridine rings is 1. The van der Waals surface area contributed by atoms with Crippen molar-refractivity contribution in [1.82, 2.24) is 30.0 Å². The predicted molar refractivity (Wildman–Crippen MR) is 76.4 cm³/mol. The zero-order valence-electron chi connectivity index (χ0n) is 11.7. The maximum atomic E-state index is 12.1. The molecule has 0 fully saturated rings. The van der Waals surface area contributed by atoms with Gasteiger partial charge in [0.25, 0.3) is 5.91 Å². The van der Waals surface area contributed by atoms with Gasteiger partial charge in [0, 0.05) is 24.3 Å². The lowest BCUT2D eigenvalue weighted by atomic mass is 10.2. The van der Waals surface area contributed by atoms with Crippen LogP contribution in [0.4, 0.5) is 0 Å². The Labute approximate surface area is 121 Å². The molecule has 0 aromatic carbocycles. The van der Waals surface area contributed by atoms with E-state index < -0.39 is 0 Å². The molecule has 21 heavy (non-hydrogen) atoms. The second-order valence-corrected chi connectivity index (χ2v) is 4.72. The van der Waals surface area contributed by atoms with Gasteiger partial charge in [-0.05, 0) is 25.1 Å². The topological polar surface area (TPSA) is 85.6 Å². The van der Waals surface area contributed by atoms with Gasteiger partial charge in [0.05, 0.1) is 12.2 Å². The van der Waals surface area contributed by atoms with Crippen LogP contribution in [-0.2, 0) is 13.6 Å². The molecular weight excluding hydrogens is 268 g/mol. The van der Waals surface area contributed by atoms with Crippen LogP contribution in [0.15, 0.2) is 30.7 Å². The number of nitrogens with one attached hydrogen (secondary N) is 1. The van der Waals surface area contributed by atoms with E-state index in [0.29, 0.717) is 17.9 Å². The number of carbonyl (C=O) groups excluding carboxylic acids is 1. The number of hydrogen-bond donors (Lipinski definition) is 1. The van der Waals surface area contributed by atoms with E-state index >= 15 is 0 Å². The summed E-state index contributed by atoms with van der Waals surface area (Å²) in [4.78, 5) is 24.3. The summed E-state index contributed by atoms with van der Waals surface area (Å²) in [5.41, 5.74) is 2.69. The Balaban J connectivity index is 1.74. The van der Waals surface area contributed by atoms with Crippen molar-refractivity contribution < 1.29 is 4.79 Å². The van der Waals surface area contributed by atoms with E-state index in [1.54, 1.807) is 23.0 Å². The van der Waals surface area contributed by atoms with Crippen LogP contribution in [0.25, 0.3) is 11.0 Å². The minimum absolute atomic E-state index is 0.251. The molecule has 0 radical (unpaired) electrons. The van der Waals surface area contributed by atoms with E-state index in [-0.39, 0.29) is 5.91 Å². The summed E-state index contributed by atoms with van der Waals surface area (Å²) in [5, 5.41) is 7.89. The maximum Gasteiger partial charge on any atom is 0.270 e. The SMILES string of the molecule is Cc1cc(CNC(=O)c2ccc3cncnc3n2)nn1C. The number of amides is 1. The van der Waals surface area contributed by atoms with Crippen LogP contribution in [0.1, 0.15) is 21.9 Å². The molecule has 3 rings (SSSR count). The van der Waals surface area contributed by atoms with Gasteiger partial charge in [0.2, 0.25) is 0 Å². The van der Waals surface area contributed by atoms with E-state index in [0.717, 1.165) is 16.8 Å². The molecule has 7 nitrogen and oxygen atoms in total. The summed E-state index contributed by atoms with van der Waals surface area (Å²) in [5.74, 6) is -0.251. The van der Waals surface area contributed by atoms with Gasteiger partial charge in [0.1, 0.15) is 12.0 Å². The smallest absolute Gasteiger partial charge is 0.270 e. The van der Waals surface area contributed by atoms with Gasteiger partial charge in [0.15, 0.2) is 5.65 Å². The molecular formula is C14H14N6O. The summed E-state index contributed by atoms with van der Waals surface area (Å²) in [6.45, 7) is 2.33. The van der Waals surface area contributed by atoms with Crippen LogP contribution in [0, 0.1) is 6.92 Å². The minimum Gasteiger partial charge on any atom is -0.345 e. The number of rotatable bonds is 3. The molecule has 0 spiro atoms. The van der Waals surface area contributed by atoms with Crippen LogP contribution in [0.5, 0.6) is 0 Å². The van der Waals surface area contributed by atoms with Gasteiger partial charge in [-0.15, -0.1) is 0 Å². The lowest BCUT2D eigenvalue weighted by molar-refractivity contribution is 0.0945. The van der Waals surface area contributed by atoms with E-state index in [1.165, 1.54) is 6.33 Å². The van der Waals surface area contributed by atoms with Crippen LogP contribution in [-0.4, -0.2) is 30.6 Å². The number of aromatic nitrogens is 5. The third kappa shape index (κ3) is 2.71. The number of fused-ring (bicyclic) bond motifs is 1. The molecule has 3 aromatic heterocycles. The summed E-state index contributed by atoms with van der Waals surface area (Å²) >= 11 is 0. The fraction of sp³-hybridized carbons (Fsp3) is 0.214. The van der Waals surface area contributed by atoms with E-state index in [9.17, 15) is 4.79 Å². The highest BCUT2D eigenvalue weighted by Crippen LogP contribution is 2.08. The lowest BCUT2D eigenvalue weighted by Crippen LogP contribution is -2.24. The second-order valence-electron chi connectivity index (χ2n) is 4.72. The molecule has 0 saturated carbocycles. The molecule has 7 heteroatoms. The van der Waals surface area contributed by atoms with Crippen molar-refractivity contribution in [2.75, 3.05) is 0 Å². The minimum atomic E-state index is -0.251. The number of hydrogen-bond acceptors (Lipinski definition) is 5. The predicted octanol–water partition coefficient (Wildman–Crippen LogP) is 0.997. The van der Waals surface area contributed by atoms with Crippen molar-refractivity contribution in [1.29, 1.82) is 0 Å². The Morgan fingerprint density at radius 2 is 2.24 bits per heavy atom. The Morgan fingerprint density at radius 1 is 1.38 bits per heavy atom. The van der Waals surface area contributed by atoms with Crippen molar-refractivity contribution >= 4 is 16.9 Å². The Morgan fingerprint density at radius 3 is 3.00 bits per heavy atom. The fourth-order valence-electron chi connectivity index (χ4n) is 1.97. The maximum absolute atomic E-state index is 12.1. The van der Waals surface area contributed by atoms with E-state index in [2.05, 4.69) is 25.4 Å². The monoisotopic (exact) mass is 282 g/mol. The summed E-state index contributed by atoms with van der Waals surface area (Å²) in [6.07, 6.45) is 3.07. The van der Waals surface area contributed by atoms with Crippen LogP contribution < -0.4 is 5.32 Å². The lowest BCUT2D eigenvalue weighted by Gasteiger charge is -2.03. The van der Waals surface area contributed by atoms with Crippen LogP contribution >= 0.6 is 0 Å². The number of carbonyl (C=O) groups is 1. The average molecular weight is 282 g/mol. The third-order valence-corrected chi connectivity index (χ3v) is 3.19. The Kier molecular flexibility index (Phi) is 3.31. The highest BCUT2D eigenvalue weighted by atomic mass is 16.1. The van der Waals surface area contributed by atoms with Gasteiger partial charge in [-0.3, -0.25) is 9.48 Å². The average Bonchev–Trinajstić information content (AvgIpc) is 2.83. The van der Waals surface area contributed by atoms with Gasteiger partial charge in [-0.1, -0.05) is 0 Å². The number of nitrogens with zero attached hydrogens (tertiary/aromatic N) is 5. The molecule has 0 saturated heterocycles. The third-order valence-electron chi connectivity index (χ3n) is 3.19. The molecule has 0 aliphatic heterocycles. The summed E-state index contributed by atoms with van der Waals surface area (Å²) in [7, 11) is 1.87. The first kappa shape index (κ1) is 13.2. The zero-order chi connectivity index (χ0) is 14.8. The van der Waals surface area contributed by atoms with Crippen LogP contribution in [0.2, 0.25) is 0 Å². The van der Waals surface area contributed by atoms with Crippen molar-refractivity contribution in [2.45, 2.75) is 13.5 Å². The van der Waals surface area contributed by atoms with Crippen molar-refractivity contribution in [3.05, 3.63) is 47.8 Å². The molecule has 1 N–H and O–H groups in total. The van der Waals surface area contributed by atoms with Crippen molar-refractivity contribution in [3.63, 3.8) is 0 Å². The largest absolute Gasteiger partial charge is 0.345 e. The Bertz CT molecular complexity index is 791. The fourth-order valence-corrected chi connectivity index (χ4v) is 1.97. The van der Waals surface area contributed by atoms with Crippen LogP contribution in [0.3, 0.4) is 0 Å². The van der Waals surface area contributed by atoms with E-state index in [1.807, 2.05) is 20.0 Å². The van der Waals surface area contributed by atoms with Gasteiger partial charge in [-0.25, -0.2) is 15.0 Å². The van der Waals surface area contributed by atoms with Gasteiger partial charge < -0.3 is 5.32 Å². The first-order valence-corrected chi connectivity index (χ1v) is 6.48. The standard InChI is InChI=1S/C14H14N6O/c1-9-5-11(19-20(9)2)7-16-14(21)12-4-3-10-6-15-8-17-13(10)18-12/h3-6,8H,7H2,1-2H3,(H,16,21). The Hall–Kier alpha value is -2.83. The quantitative estimate of drug-likeness (QED) is 0.774. The van der Waals surface area contributed by atoms with Gasteiger partial charge in [-0.2, -0.15) is 5.10 Å². The molecule has 0 unspecified atom stereocenters. The zero-order valence-corrected chi connectivity index (χ0v) is 11.7. The van der Waals surface area contributed by atoms with E-state index in [4.69, 9.17) is 0 Å². The first-order valence-electron chi connectivity index (χ1n) is 6.48. The van der Waals surface area contributed by atoms with Crippen molar-refractivity contribution in [2.24, 2.45) is 7.05 Å². The number of aryl methyl sites for hydroxylation is 2. The highest BCUT2D eigenvalue weighted by molar-refractivity contribution is 5.94. The van der Waals surface area contributed by atoms with Crippen molar-refractivity contribution in [3.8, 4) is 0 Å². The molecule has 3 aromatic rings. The highest BCUT2D eigenvalue weighted by Gasteiger charge is 2.09. The summed E-state index contributed by atoms with van der Waals surface area (Å²) in [6, 6.07) is 5.37. The second kappa shape index (κ2) is 5.28. The molecule has 0 aliphatic rings. The summed E-state index contributed by atoms with van der Waals surface area (Å²) < 4.78 is 1.77. The first-order chi connectivity index (χ1) is 10.1. The molecule has 1 amide bonds. The molecule has 3 heterocycles.